The number of fused-ring (bicyclic) bond motifs is 1. The highest BCUT2D eigenvalue weighted by atomic mass is 35.5. The summed E-state index contributed by atoms with van der Waals surface area (Å²) in [6, 6.07) is 32.1. The van der Waals surface area contributed by atoms with E-state index in [1.54, 1.807) is 37.6 Å². The number of aromatic nitrogens is 1. The Morgan fingerprint density at radius 2 is 1.59 bits per heavy atom. The number of methoxy groups -OCH3 is 1. The Labute approximate surface area is 220 Å². The molecule has 1 aromatic heterocycles. The van der Waals surface area contributed by atoms with Crippen molar-refractivity contribution in [3.05, 3.63) is 125 Å². The standard InChI is InChI=1S/C31H25ClN2O3/c1-36-29-9-5-2-6-22(29)20-27(31(35)34-24-14-12-23(32)13-15-24)21-10-16-25(17-11-21)37-30-18-19-33-28-8-4-3-7-26(28)30/h2-19,27H,20H2,1H3,(H,34,35)/t27-/m0/s1. The molecule has 5 aromatic rings. The van der Waals surface area contributed by atoms with Crippen LogP contribution in [0.3, 0.4) is 0 Å². The number of amides is 1. The minimum absolute atomic E-state index is 0.123. The van der Waals surface area contributed by atoms with E-state index in [4.69, 9.17) is 21.1 Å². The van der Waals surface area contributed by atoms with Crippen LogP contribution in [0.5, 0.6) is 17.2 Å². The summed E-state index contributed by atoms with van der Waals surface area (Å²) in [5.41, 5.74) is 3.37. The van der Waals surface area contributed by atoms with Crippen LogP contribution in [-0.4, -0.2) is 18.0 Å². The number of hydrogen-bond acceptors (Lipinski definition) is 4. The fraction of sp³-hybridized carbons (Fsp3) is 0.0968. The number of nitrogens with one attached hydrogen (secondary N) is 1. The molecular weight excluding hydrogens is 484 g/mol. The number of halogens is 1. The van der Waals surface area contributed by atoms with Crippen LogP contribution in [-0.2, 0) is 11.2 Å². The molecule has 5 nitrogen and oxygen atoms in total. The van der Waals surface area contributed by atoms with Crippen molar-refractivity contribution in [2.75, 3.05) is 12.4 Å². The molecule has 0 aliphatic carbocycles. The number of para-hydroxylation sites is 2. The van der Waals surface area contributed by atoms with Gasteiger partial charge >= 0.3 is 0 Å². The lowest BCUT2D eigenvalue weighted by Crippen LogP contribution is -2.23. The third kappa shape index (κ3) is 5.74. The lowest BCUT2D eigenvalue weighted by atomic mass is 9.90. The Hall–Kier alpha value is -4.35. The number of pyridine rings is 1. The summed E-state index contributed by atoms with van der Waals surface area (Å²) in [6.45, 7) is 0. The van der Waals surface area contributed by atoms with Crippen molar-refractivity contribution < 1.29 is 14.3 Å². The predicted octanol–water partition coefficient (Wildman–Crippen LogP) is 7.65. The SMILES string of the molecule is COc1ccccc1C[C@H](C(=O)Nc1ccc(Cl)cc1)c1ccc(Oc2ccnc3ccccc23)cc1. The molecule has 0 bridgehead atoms. The first-order chi connectivity index (χ1) is 18.1. The number of ether oxygens (including phenoxy) is 2. The summed E-state index contributed by atoms with van der Waals surface area (Å²) in [5.74, 6) is 1.57. The second-order valence-corrected chi connectivity index (χ2v) is 9.00. The Kier molecular flexibility index (Phi) is 7.33. The molecule has 184 valence electrons. The molecule has 0 saturated heterocycles. The largest absolute Gasteiger partial charge is 0.496 e. The number of hydrogen-bond donors (Lipinski definition) is 1. The molecule has 0 unspecified atom stereocenters. The van der Waals surface area contributed by atoms with E-state index in [-0.39, 0.29) is 5.91 Å². The van der Waals surface area contributed by atoms with Gasteiger partial charge < -0.3 is 14.8 Å². The zero-order chi connectivity index (χ0) is 25.6. The fourth-order valence-electron chi connectivity index (χ4n) is 4.27. The van der Waals surface area contributed by atoms with Crippen LogP contribution in [0, 0.1) is 0 Å². The van der Waals surface area contributed by atoms with Crippen LogP contribution >= 0.6 is 11.6 Å². The van der Waals surface area contributed by atoms with Gasteiger partial charge in [0.2, 0.25) is 5.91 Å². The predicted molar refractivity (Wildman–Crippen MR) is 148 cm³/mol. The normalized spacial score (nSPS) is 11.6. The van der Waals surface area contributed by atoms with Crippen LogP contribution in [0.2, 0.25) is 5.02 Å². The lowest BCUT2D eigenvalue weighted by Gasteiger charge is -2.19. The van der Waals surface area contributed by atoms with Crippen molar-refractivity contribution >= 4 is 34.1 Å². The maximum absolute atomic E-state index is 13.5. The van der Waals surface area contributed by atoms with Crippen LogP contribution in [0.15, 0.2) is 109 Å². The Balaban J connectivity index is 1.42. The number of anilines is 1. The van der Waals surface area contributed by atoms with Gasteiger partial charge in [0.15, 0.2) is 0 Å². The second kappa shape index (κ2) is 11.1. The van der Waals surface area contributed by atoms with E-state index >= 15 is 0 Å². The highest BCUT2D eigenvalue weighted by molar-refractivity contribution is 6.30. The number of benzene rings is 4. The Morgan fingerprint density at radius 3 is 2.38 bits per heavy atom. The van der Waals surface area contributed by atoms with Gasteiger partial charge in [-0.15, -0.1) is 0 Å². The summed E-state index contributed by atoms with van der Waals surface area (Å²) in [4.78, 5) is 17.9. The highest BCUT2D eigenvalue weighted by Gasteiger charge is 2.23. The van der Waals surface area contributed by atoms with Crippen molar-refractivity contribution in [1.82, 2.24) is 4.98 Å². The molecule has 37 heavy (non-hydrogen) atoms. The summed E-state index contributed by atoms with van der Waals surface area (Å²) in [5, 5.41) is 4.57. The van der Waals surface area contributed by atoms with E-state index in [0.717, 1.165) is 33.5 Å². The molecule has 4 aromatic carbocycles. The van der Waals surface area contributed by atoms with Gasteiger partial charge in [-0.3, -0.25) is 9.78 Å². The quantitative estimate of drug-likeness (QED) is 0.234. The molecule has 0 fully saturated rings. The molecule has 0 saturated carbocycles. The summed E-state index contributed by atoms with van der Waals surface area (Å²) in [6.07, 6.45) is 2.20. The average molecular weight is 509 g/mol. The maximum atomic E-state index is 13.5. The molecule has 0 radical (unpaired) electrons. The average Bonchev–Trinajstić information content (AvgIpc) is 2.94. The van der Waals surface area contributed by atoms with Gasteiger partial charge in [-0.05, 0) is 78.2 Å². The zero-order valence-corrected chi connectivity index (χ0v) is 21.0. The van der Waals surface area contributed by atoms with Crippen molar-refractivity contribution in [3.8, 4) is 17.2 Å². The lowest BCUT2D eigenvalue weighted by molar-refractivity contribution is -0.117. The van der Waals surface area contributed by atoms with Gasteiger partial charge in [-0.1, -0.05) is 54.1 Å². The summed E-state index contributed by atoms with van der Waals surface area (Å²) < 4.78 is 11.7. The van der Waals surface area contributed by atoms with Gasteiger partial charge in [0.25, 0.3) is 0 Å². The summed E-state index contributed by atoms with van der Waals surface area (Å²) >= 11 is 6.01. The van der Waals surface area contributed by atoms with Crippen molar-refractivity contribution in [3.63, 3.8) is 0 Å². The van der Waals surface area contributed by atoms with Gasteiger partial charge in [0.1, 0.15) is 17.2 Å². The van der Waals surface area contributed by atoms with Gasteiger partial charge in [0, 0.05) is 22.3 Å². The van der Waals surface area contributed by atoms with E-state index in [9.17, 15) is 4.79 Å². The molecule has 1 atom stereocenters. The van der Waals surface area contributed by atoms with Crippen molar-refractivity contribution in [2.45, 2.75) is 12.3 Å². The van der Waals surface area contributed by atoms with Gasteiger partial charge in [-0.25, -0.2) is 0 Å². The first-order valence-corrected chi connectivity index (χ1v) is 12.3. The number of nitrogens with zero attached hydrogens (tertiary/aromatic N) is 1. The fourth-order valence-corrected chi connectivity index (χ4v) is 4.40. The molecule has 1 heterocycles. The number of rotatable bonds is 8. The third-order valence-electron chi connectivity index (χ3n) is 6.16. The Morgan fingerprint density at radius 1 is 0.865 bits per heavy atom. The minimum atomic E-state index is -0.456. The molecular formula is C31H25ClN2O3. The first kappa shape index (κ1) is 24.3. The van der Waals surface area contributed by atoms with E-state index in [1.165, 1.54) is 0 Å². The first-order valence-electron chi connectivity index (χ1n) is 11.9. The number of carbonyl (C=O) groups excluding carboxylic acids is 1. The third-order valence-corrected chi connectivity index (χ3v) is 6.42. The molecule has 0 aliphatic rings. The molecule has 1 amide bonds. The Bertz CT molecular complexity index is 1510. The second-order valence-electron chi connectivity index (χ2n) is 8.56. The van der Waals surface area contributed by atoms with E-state index in [2.05, 4.69) is 10.3 Å². The molecule has 6 heteroatoms. The molecule has 5 rings (SSSR count). The molecule has 0 aliphatic heterocycles. The van der Waals surface area contributed by atoms with E-state index < -0.39 is 5.92 Å². The monoisotopic (exact) mass is 508 g/mol. The van der Waals surface area contributed by atoms with E-state index in [1.807, 2.05) is 78.9 Å². The van der Waals surface area contributed by atoms with E-state index in [0.29, 0.717) is 22.9 Å². The molecule has 0 spiro atoms. The van der Waals surface area contributed by atoms with Crippen LogP contribution < -0.4 is 14.8 Å². The summed E-state index contributed by atoms with van der Waals surface area (Å²) in [7, 11) is 1.64. The van der Waals surface area contributed by atoms with Gasteiger partial charge in [-0.2, -0.15) is 0 Å². The van der Waals surface area contributed by atoms with Crippen LogP contribution in [0.4, 0.5) is 5.69 Å². The van der Waals surface area contributed by atoms with Crippen LogP contribution in [0.1, 0.15) is 17.0 Å². The topological polar surface area (TPSA) is 60.5 Å². The van der Waals surface area contributed by atoms with Crippen molar-refractivity contribution in [2.24, 2.45) is 0 Å². The minimum Gasteiger partial charge on any atom is -0.496 e. The smallest absolute Gasteiger partial charge is 0.232 e. The highest BCUT2D eigenvalue weighted by Crippen LogP contribution is 2.32. The number of carbonyl (C=O) groups is 1. The van der Waals surface area contributed by atoms with Crippen LogP contribution in [0.25, 0.3) is 10.9 Å². The van der Waals surface area contributed by atoms with Crippen molar-refractivity contribution in [1.29, 1.82) is 0 Å². The van der Waals surface area contributed by atoms with Gasteiger partial charge in [0.05, 0.1) is 18.5 Å². The molecule has 1 N–H and O–H groups in total. The maximum Gasteiger partial charge on any atom is 0.232 e. The zero-order valence-electron chi connectivity index (χ0n) is 20.2.